The van der Waals surface area contributed by atoms with E-state index in [4.69, 9.17) is 4.74 Å². The van der Waals surface area contributed by atoms with Crippen molar-refractivity contribution in [3.05, 3.63) is 59.8 Å². The number of rotatable bonds is 8. The van der Waals surface area contributed by atoms with Crippen molar-refractivity contribution in [3.8, 4) is 5.75 Å². The quantitative estimate of drug-likeness (QED) is 0.408. The number of hydrogen-bond acceptors (Lipinski definition) is 3. The van der Waals surface area contributed by atoms with Crippen molar-refractivity contribution < 1.29 is 14.3 Å². The van der Waals surface area contributed by atoms with Crippen LogP contribution in [0.15, 0.2) is 48.5 Å². The number of aromatic nitrogens is 1. The molecule has 1 heterocycles. The van der Waals surface area contributed by atoms with E-state index < -0.39 is 5.54 Å². The fourth-order valence-corrected chi connectivity index (χ4v) is 6.06. The van der Waals surface area contributed by atoms with Crippen LogP contribution in [0.3, 0.4) is 0 Å². The van der Waals surface area contributed by atoms with Gasteiger partial charge in [0.05, 0.1) is 7.11 Å². The zero-order chi connectivity index (χ0) is 25.8. The number of nitrogens with zero attached hydrogens (tertiary/aromatic N) is 1. The summed E-state index contributed by atoms with van der Waals surface area (Å²) in [4.78, 5) is 32.6. The second kappa shape index (κ2) is 8.68. The minimum atomic E-state index is -0.955. The highest BCUT2D eigenvalue weighted by Crippen LogP contribution is 2.67. The Kier molecular flexibility index (Phi) is 5.89. The maximum atomic E-state index is 13.8. The van der Waals surface area contributed by atoms with E-state index in [-0.39, 0.29) is 29.2 Å². The van der Waals surface area contributed by atoms with E-state index in [0.29, 0.717) is 18.0 Å². The molecule has 6 heteroatoms. The van der Waals surface area contributed by atoms with E-state index in [0.717, 1.165) is 24.1 Å². The molecule has 2 amide bonds. The van der Waals surface area contributed by atoms with Crippen molar-refractivity contribution in [3.63, 3.8) is 0 Å². The van der Waals surface area contributed by atoms with Crippen molar-refractivity contribution in [2.75, 3.05) is 12.4 Å². The first kappa shape index (κ1) is 24.4. The summed E-state index contributed by atoms with van der Waals surface area (Å²) in [6.45, 7) is 10.4. The molecule has 190 valence electrons. The molecule has 0 radical (unpaired) electrons. The Hall–Kier alpha value is -3.28. The summed E-state index contributed by atoms with van der Waals surface area (Å²) >= 11 is 0. The summed E-state index contributed by atoms with van der Waals surface area (Å²) in [6.07, 6.45) is 2.35. The molecule has 0 spiro atoms. The van der Waals surface area contributed by atoms with E-state index in [2.05, 4.69) is 49.3 Å². The Labute approximate surface area is 213 Å². The lowest BCUT2D eigenvalue weighted by molar-refractivity contribution is -0.144. The maximum absolute atomic E-state index is 13.8. The Bertz CT molecular complexity index is 1300. The van der Waals surface area contributed by atoms with Gasteiger partial charge >= 0.3 is 0 Å². The van der Waals surface area contributed by atoms with Crippen LogP contribution in [0.2, 0.25) is 0 Å². The number of ether oxygens (including phenoxy) is 1. The average molecular weight is 488 g/mol. The van der Waals surface area contributed by atoms with Crippen molar-refractivity contribution in [2.45, 2.75) is 71.4 Å². The van der Waals surface area contributed by atoms with Crippen molar-refractivity contribution >= 4 is 28.4 Å². The Morgan fingerprint density at radius 1 is 1.11 bits per heavy atom. The highest BCUT2D eigenvalue weighted by molar-refractivity contribution is 6.00. The van der Waals surface area contributed by atoms with Crippen LogP contribution in [0, 0.1) is 18.3 Å². The molecule has 0 saturated heterocycles. The second-order valence-electron chi connectivity index (χ2n) is 11.6. The minimum Gasteiger partial charge on any atom is -0.497 e. The van der Waals surface area contributed by atoms with Crippen molar-refractivity contribution in [2.24, 2.45) is 11.3 Å². The fraction of sp³-hybridized carbons (Fsp3) is 0.467. The average Bonchev–Trinajstić information content (AvgIpc) is 3.72. The molecule has 2 aromatic carbocycles. The SMILES string of the molecule is COc1ccc(NC(=O)C(C)(C)N(C(=O)C[C@@H]2[C@H](c3c(C)[nH]c4ccccc34)C2(C)C)C2CC2)cc1. The summed E-state index contributed by atoms with van der Waals surface area (Å²) in [6, 6.07) is 15.8. The van der Waals surface area contributed by atoms with Gasteiger partial charge in [-0.15, -0.1) is 0 Å². The van der Waals surface area contributed by atoms with Crippen LogP contribution < -0.4 is 10.1 Å². The van der Waals surface area contributed by atoms with Gasteiger partial charge in [0.2, 0.25) is 11.8 Å². The number of aryl methyl sites for hydroxylation is 1. The molecule has 2 aliphatic rings. The van der Waals surface area contributed by atoms with Crippen LogP contribution >= 0.6 is 0 Å². The molecule has 0 unspecified atom stereocenters. The normalized spacial score (nSPS) is 20.7. The molecule has 5 rings (SSSR count). The molecule has 2 atom stereocenters. The topological polar surface area (TPSA) is 74.4 Å². The van der Waals surface area contributed by atoms with Crippen LogP contribution in [0.25, 0.3) is 10.9 Å². The second-order valence-corrected chi connectivity index (χ2v) is 11.6. The molecule has 1 aromatic heterocycles. The molecule has 2 aliphatic carbocycles. The van der Waals surface area contributed by atoms with Gasteiger partial charge in [-0.2, -0.15) is 0 Å². The predicted octanol–water partition coefficient (Wildman–Crippen LogP) is 6.02. The highest BCUT2D eigenvalue weighted by Gasteiger charge is 2.60. The number of methoxy groups -OCH3 is 1. The monoisotopic (exact) mass is 487 g/mol. The first-order valence-corrected chi connectivity index (χ1v) is 12.9. The first-order chi connectivity index (χ1) is 17.1. The Balaban J connectivity index is 1.34. The van der Waals surface area contributed by atoms with Gasteiger partial charge in [0.1, 0.15) is 11.3 Å². The van der Waals surface area contributed by atoms with Gasteiger partial charge < -0.3 is 19.9 Å². The number of amides is 2. The zero-order valence-corrected chi connectivity index (χ0v) is 22.1. The van der Waals surface area contributed by atoms with Crippen molar-refractivity contribution in [1.29, 1.82) is 0 Å². The summed E-state index contributed by atoms with van der Waals surface area (Å²) in [5, 5.41) is 4.25. The van der Waals surface area contributed by atoms with Crippen molar-refractivity contribution in [1.82, 2.24) is 9.88 Å². The van der Waals surface area contributed by atoms with Gasteiger partial charge in [0.15, 0.2) is 0 Å². The summed E-state index contributed by atoms with van der Waals surface area (Å²) in [7, 11) is 1.61. The molecule has 0 bridgehead atoms. The lowest BCUT2D eigenvalue weighted by Crippen LogP contribution is -2.56. The molecule has 6 nitrogen and oxygen atoms in total. The number of aromatic amines is 1. The largest absolute Gasteiger partial charge is 0.497 e. The van der Waals surface area contributed by atoms with Crippen LogP contribution in [-0.2, 0) is 9.59 Å². The first-order valence-electron chi connectivity index (χ1n) is 12.9. The van der Waals surface area contributed by atoms with Gasteiger partial charge in [-0.25, -0.2) is 0 Å². The molecular formula is C30H37N3O3. The molecule has 2 saturated carbocycles. The van der Waals surface area contributed by atoms with E-state index in [1.54, 1.807) is 7.11 Å². The van der Waals surface area contributed by atoms with E-state index in [1.165, 1.54) is 16.6 Å². The van der Waals surface area contributed by atoms with Crippen LogP contribution in [0.1, 0.15) is 64.1 Å². The van der Waals surface area contributed by atoms with Gasteiger partial charge in [0.25, 0.3) is 0 Å². The van der Waals surface area contributed by atoms with E-state index >= 15 is 0 Å². The molecule has 2 N–H and O–H groups in total. The van der Waals surface area contributed by atoms with Crippen LogP contribution in [-0.4, -0.2) is 40.4 Å². The molecular weight excluding hydrogens is 450 g/mol. The third kappa shape index (κ3) is 4.16. The predicted molar refractivity (Wildman–Crippen MR) is 143 cm³/mol. The molecule has 3 aromatic rings. The summed E-state index contributed by atoms with van der Waals surface area (Å²) < 4.78 is 5.21. The van der Waals surface area contributed by atoms with Gasteiger partial charge in [-0.3, -0.25) is 9.59 Å². The molecule has 36 heavy (non-hydrogen) atoms. The van der Waals surface area contributed by atoms with E-state index in [9.17, 15) is 9.59 Å². The number of carbonyl (C=O) groups is 2. The highest BCUT2D eigenvalue weighted by atomic mass is 16.5. The third-order valence-electron chi connectivity index (χ3n) is 8.39. The fourth-order valence-electron chi connectivity index (χ4n) is 6.06. The molecule has 0 aliphatic heterocycles. The van der Waals surface area contributed by atoms with Crippen LogP contribution in [0.4, 0.5) is 5.69 Å². The van der Waals surface area contributed by atoms with Gasteiger partial charge in [0, 0.05) is 34.7 Å². The maximum Gasteiger partial charge on any atom is 0.249 e. The lowest BCUT2D eigenvalue weighted by Gasteiger charge is -2.38. The third-order valence-corrected chi connectivity index (χ3v) is 8.39. The number of hydrogen-bond donors (Lipinski definition) is 2. The van der Waals surface area contributed by atoms with Gasteiger partial charge in [-0.05, 0) is 86.8 Å². The number of carbonyl (C=O) groups excluding carboxylic acids is 2. The standard InChI is InChI=1S/C30H37N3O3/c1-18-26(22-9-7-8-10-24(22)31-18)27-23(29(27,2)3)17-25(34)33(20-13-14-20)30(4,5)28(35)32-19-11-15-21(36-6)16-12-19/h7-12,15-16,20,23,27,31H,13-14,17H2,1-6H3,(H,32,35)/t23-,27-/m1/s1. The minimum absolute atomic E-state index is 0.0239. The van der Waals surface area contributed by atoms with Gasteiger partial charge in [-0.1, -0.05) is 32.0 Å². The number of H-pyrrole nitrogens is 1. The summed E-state index contributed by atoms with van der Waals surface area (Å²) in [5.74, 6) is 1.19. The molecule has 2 fully saturated rings. The lowest BCUT2D eigenvalue weighted by atomic mass is 9.98. The zero-order valence-electron chi connectivity index (χ0n) is 22.1. The smallest absolute Gasteiger partial charge is 0.249 e. The van der Waals surface area contributed by atoms with E-state index in [1.807, 2.05) is 49.1 Å². The Morgan fingerprint density at radius 3 is 2.42 bits per heavy atom. The summed E-state index contributed by atoms with van der Waals surface area (Å²) in [5.41, 5.74) is 3.42. The number of anilines is 1. The number of para-hydroxylation sites is 1. The van der Waals surface area contributed by atoms with Crippen LogP contribution in [0.5, 0.6) is 5.75 Å². The number of nitrogens with one attached hydrogen (secondary N) is 2. The number of fused-ring (bicyclic) bond motifs is 1. The Morgan fingerprint density at radius 2 is 1.78 bits per heavy atom. The number of benzene rings is 2.